The summed E-state index contributed by atoms with van der Waals surface area (Å²) in [7, 11) is 0. The number of anilines is 1. The van der Waals surface area contributed by atoms with E-state index >= 15 is 0 Å². The number of carbonyl (C=O) groups excluding carboxylic acids is 3. The Balaban J connectivity index is 1.69. The van der Waals surface area contributed by atoms with Gasteiger partial charge in [0, 0.05) is 37.8 Å². The van der Waals surface area contributed by atoms with Gasteiger partial charge in [-0.05, 0) is 24.3 Å². The van der Waals surface area contributed by atoms with E-state index in [2.05, 4.69) is 27.5 Å². The van der Waals surface area contributed by atoms with Crippen molar-refractivity contribution >= 4 is 35.1 Å². The Bertz CT molecular complexity index is 950. The molecule has 0 unspecified atom stereocenters. The van der Waals surface area contributed by atoms with Crippen LogP contribution in [0.2, 0.25) is 5.02 Å². The highest BCUT2D eigenvalue weighted by molar-refractivity contribution is 6.30. The fourth-order valence-corrected chi connectivity index (χ4v) is 2.34. The van der Waals surface area contributed by atoms with Gasteiger partial charge in [-0.2, -0.15) is 0 Å². The third-order valence-electron chi connectivity index (χ3n) is 3.62. The molecule has 0 aliphatic carbocycles. The second-order valence-electron chi connectivity index (χ2n) is 6.14. The van der Waals surface area contributed by atoms with Crippen molar-refractivity contribution < 1.29 is 23.5 Å². The largest absolute Gasteiger partial charge is 0.484 e. The van der Waals surface area contributed by atoms with Crippen LogP contribution in [0.5, 0.6) is 5.75 Å². The summed E-state index contributed by atoms with van der Waals surface area (Å²) in [6.07, 6.45) is 1.64. The Morgan fingerprint density at radius 3 is 2.63 bits per heavy atom. The molecule has 0 aliphatic rings. The minimum atomic E-state index is -0.644. The van der Waals surface area contributed by atoms with Gasteiger partial charge in [0.15, 0.2) is 6.61 Å². The second kappa shape index (κ2) is 10.9. The van der Waals surface area contributed by atoms with Crippen LogP contribution in [0.3, 0.4) is 0 Å². The van der Waals surface area contributed by atoms with Gasteiger partial charge in [-0.15, -0.1) is 0 Å². The van der Waals surface area contributed by atoms with E-state index < -0.39 is 11.7 Å². The van der Waals surface area contributed by atoms with Crippen LogP contribution in [0, 0.1) is 5.82 Å². The summed E-state index contributed by atoms with van der Waals surface area (Å²) in [5, 5.41) is 7.67. The molecule has 0 fully saturated rings. The Kier molecular flexibility index (Phi) is 8.30. The molecular formula is C20H20ClFN4O4. The Hall–Kier alpha value is -3.46. The molecule has 30 heavy (non-hydrogen) atoms. The van der Waals surface area contributed by atoms with Crippen LogP contribution in [-0.2, 0) is 9.59 Å². The number of hydrogen-bond donors (Lipinski definition) is 3. The molecular weight excluding hydrogens is 415 g/mol. The van der Waals surface area contributed by atoms with Crippen LogP contribution in [-0.4, -0.2) is 35.9 Å². The average Bonchev–Trinajstić information content (AvgIpc) is 2.69. The van der Waals surface area contributed by atoms with E-state index in [1.54, 1.807) is 0 Å². The van der Waals surface area contributed by atoms with Crippen LogP contribution in [0.1, 0.15) is 23.7 Å². The van der Waals surface area contributed by atoms with E-state index in [1.807, 2.05) is 0 Å². The lowest BCUT2D eigenvalue weighted by atomic mass is 10.2. The summed E-state index contributed by atoms with van der Waals surface area (Å²) in [4.78, 5) is 38.9. The standard InChI is InChI=1S/C20H20ClFN4O4/c1-12(25-19(28)11-30-15-4-5-16(21)17(22)9-15)7-8-23-20(29)14-3-6-18(24-10-14)26-13(2)27/h3-6,9-10H,1,7-8,11H2,2H3,(H,23,29)(H,25,28)(H,24,26,27). The Morgan fingerprint density at radius 2 is 2.00 bits per heavy atom. The van der Waals surface area contributed by atoms with Gasteiger partial charge in [-0.3, -0.25) is 14.4 Å². The second-order valence-corrected chi connectivity index (χ2v) is 6.54. The third kappa shape index (κ3) is 7.51. The van der Waals surface area contributed by atoms with Gasteiger partial charge in [-0.25, -0.2) is 9.37 Å². The van der Waals surface area contributed by atoms with Crippen LogP contribution >= 0.6 is 11.6 Å². The predicted molar refractivity (Wildman–Crippen MR) is 110 cm³/mol. The monoisotopic (exact) mass is 434 g/mol. The van der Waals surface area contributed by atoms with E-state index in [1.165, 1.54) is 37.4 Å². The topological polar surface area (TPSA) is 109 Å². The molecule has 3 N–H and O–H groups in total. The Morgan fingerprint density at radius 1 is 1.23 bits per heavy atom. The first-order chi connectivity index (χ1) is 14.2. The highest BCUT2D eigenvalue weighted by Crippen LogP contribution is 2.20. The highest BCUT2D eigenvalue weighted by atomic mass is 35.5. The zero-order chi connectivity index (χ0) is 22.1. The van der Waals surface area contributed by atoms with Gasteiger partial charge in [0.1, 0.15) is 17.4 Å². The van der Waals surface area contributed by atoms with Crippen LogP contribution < -0.4 is 20.7 Å². The SMILES string of the molecule is C=C(CCNC(=O)c1ccc(NC(C)=O)nc1)NC(=O)COc1ccc(Cl)c(F)c1. The van der Waals surface area contributed by atoms with E-state index in [-0.39, 0.29) is 35.7 Å². The van der Waals surface area contributed by atoms with Gasteiger partial charge >= 0.3 is 0 Å². The van der Waals surface area contributed by atoms with Crippen LogP contribution in [0.25, 0.3) is 0 Å². The molecule has 2 aromatic rings. The van der Waals surface area contributed by atoms with Gasteiger partial charge in [0.2, 0.25) is 5.91 Å². The van der Waals surface area contributed by atoms with Crippen molar-refractivity contribution in [2.24, 2.45) is 0 Å². The van der Waals surface area contributed by atoms with Gasteiger partial charge < -0.3 is 20.7 Å². The first-order valence-electron chi connectivity index (χ1n) is 8.82. The van der Waals surface area contributed by atoms with Crippen molar-refractivity contribution in [1.29, 1.82) is 0 Å². The number of rotatable bonds is 9. The molecule has 1 aromatic heterocycles. The molecule has 1 aromatic carbocycles. The van der Waals surface area contributed by atoms with Gasteiger partial charge in [-0.1, -0.05) is 18.2 Å². The molecule has 2 rings (SSSR count). The highest BCUT2D eigenvalue weighted by Gasteiger charge is 2.09. The maximum absolute atomic E-state index is 13.3. The summed E-state index contributed by atoms with van der Waals surface area (Å²) in [5.41, 5.74) is 0.702. The molecule has 158 valence electrons. The van der Waals surface area contributed by atoms with E-state index in [9.17, 15) is 18.8 Å². The van der Waals surface area contributed by atoms with Gasteiger partial charge in [0.05, 0.1) is 10.6 Å². The number of carbonyl (C=O) groups is 3. The van der Waals surface area contributed by atoms with Crippen LogP contribution in [0.4, 0.5) is 10.2 Å². The van der Waals surface area contributed by atoms with Crippen molar-refractivity contribution in [3.05, 3.63) is 65.2 Å². The molecule has 0 aliphatic heterocycles. The number of nitrogens with one attached hydrogen (secondary N) is 3. The van der Waals surface area contributed by atoms with E-state index in [0.29, 0.717) is 23.5 Å². The summed E-state index contributed by atoms with van der Waals surface area (Å²) in [6.45, 7) is 4.97. The van der Waals surface area contributed by atoms with Crippen molar-refractivity contribution in [3.8, 4) is 5.75 Å². The van der Waals surface area contributed by atoms with E-state index in [4.69, 9.17) is 16.3 Å². The lowest BCUT2D eigenvalue weighted by Gasteiger charge is -2.11. The molecule has 0 saturated heterocycles. The fourth-order valence-electron chi connectivity index (χ4n) is 2.22. The number of benzene rings is 1. The first kappa shape index (κ1) is 22.8. The number of hydrogen-bond acceptors (Lipinski definition) is 5. The normalized spacial score (nSPS) is 10.1. The number of ether oxygens (including phenoxy) is 1. The Labute approximate surface area is 177 Å². The predicted octanol–water partition coefficient (Wildman–Crippen LogP) is 2.66. The molecule has 10 heteroatoms. The smallest absolute Gasteiger partial charge is 0.262 e. The summed E-state index contributed by atoms with van der Waals surface area (Å²) >= 11 is 5.58. The minimum Gasteiger partial charge on any atom is -0.484 e. The third-order valence-corrected chi connectivity index (χ3v) is 3.93. The number of amides is 3. The molecule has 8 nitrogen and oxygen atoms in total. The summed E-state index contributed by atoms with van der Waals surface area (Å²) in [6, 6.07) is 6.90. The molecule has 1 heterocycles. The zero-order valence-electron chi connectivity index (χ0n) is 16.1. The average molecular weight is 435 g/mol. The lowest BCUT2D eigenvalue weighted by Crippen LogP contribution is -2.31. The quantitative estimate of drug-likeness (QED) is 0.562. The fraction of sp³-hybridized carbons (Fsp3) is 0.200. The molecule has 0 saturated carbocycles. The minimum absolute atomic E-state index is 0.0401. The summed E-state index contributed by atoms with van der Waals surface area (Å²) in [5.74, 6) is -1.22. The van der Waals surface area contributed by atoms with Gasteiger partial charge in [0.25, 0.3) is 11.8 Å². The van der Waals surface area contributed by atoms with Crippen molar-refractivity contribution in [2.45, 2.75) is 13.3 Å². The van der Waals surface area contributed by atoms with Crippen molar-refractivity contribution in [3.63, 3.8) is 0 Å². The maximum atomic E-state index is 13.3. The number of halogens is 2. The molecule has 0 bridgehead atoms. The lowest BCUT2D eigenvalue weighted by molar-refractivity contribution is -0.122. The molecule has 0 atom stereocenters. The number of aromatic nitrogens is 1. The number of pyridine rings is 1. The maximum Gasteiger partial charge on any atom is 0.262 e. The van der Waals surface area contributed by atoms with Crippen molar-refractivity contribution in [2.75, 3.05) is 18.5 Å². The first-order valence-corrected chi connectivity index (χ1v) is 9.19. The molecule has 3 amide bonds. The molecule has 0 spiro atoms. The zero-order valence-corrected chi connectivity index (χ0v) is 16.9. The number of nitrogens with zero attached hydrogens (tertiary/aromatic N) is 1. The van der Waals surface area contributed by atoms with E-state index in [0.717, 1.165) is 6.07 Å². The summed E-state index contributed by atoms with van der Waals surface area (Å²) < 4.78 is 18.5. The molecule has 0 radical (unpaired) electrons. The van der Waals surface area contributed by atoms with Crippen molar-refractivity contribution in [1.82, 2.24) is 15.6 Å². The van der Waals surface area contributed by atoms with Crippen LogP contribution in [0.15, 0.2) is 48.8 Å².